The molecule has 0 unspecified atom stereocenters. The van der Waals surface area contributed by atoms with Crippen LogP contribution in [0.15, 0.2) is 18.2 Å². The minimum absolute atomic E-state index is 0.164. The number of halogens is 2. The van der Waals surface area contributed by atoms with Gasteiger partial charge in [0.2, 0.25) is 0 Å². The maximum Gasteiger partial charge on any atom is 0.128 e. The fourth-order valence-electron chi connectivity index (χ4n) is 1.43. The van der Waals surface area contributed by atoms with Crippen molar-refractivity contribution >= 4 is 0 Å². The van der Waals surface area contributed by atoms with E-state index in [0.29, 0.717) is 26.3 Å². The van der Waals surface area contributed by atoms with Gasteiger partial charge in [0.25, 0.3) is 0 Å². The molecule has 1 fully saturated rings. The van der Waals surface area contributed by atoms with Crippen LogP contribution in [0.3, 0.4) is 0 Å². The lowest BCUT2D eigenvalue weighted by Gasteiger charge is -2.25. The third-order valence-electron chi connectivity index (χ3n) is 2.22. The molecule has 1 saturated heterocycles. The van der Waals surface area contributed by atoms with Crippen LogP contribution in [0.25, 0.3) is 0 Å². The van der Waals surface area contributed by atoms with Crippen LogP contribution in [0.1, 0.15) is 5.56 Å². The summed E-state index contributed by atoms with van der Waals surface area (Å²) in [6, 6.07) is 3.35. The molecule has 2 radical (unpaired) electrons. The zero-order valence-corrected chi connectivity index (χ0v) is 8.17. The van der Waals surface area contributed by atoms with E-state index in [-0.39, 0.29) is 5.56 Å². The molecule has 0 aliphatic carbocycles. The summed E-state index contributed by atoms with van der Waals surface area (Å²) in [5, 5.41) is 0. The minimum Gasteiger partial charge on any atom is -0.379 e. The predicted octanol–water partition coefficient (Wildman–Crippen LogP) is 1.68. The highest BCUT2D eigenvalue weighted by Crippen LogP contribution is 2.14. The summed E-state index contributed by atoms with van der Waals surface area (Å²) >= 11 is 0. The van der Waals surface area contributed by atoms with Crippen LogP contribution < -0.4 is 0 Å². The van der Waals surface area contributed by atoms with Crippen LogP contribution in [0, 0.1) is 18.2 Å². The van der Waals surface area contributed by atoms with Crippen LogP contribution in [0.4, 0.5) is 8.78 Å². The van der Waals surface area contributed by atoms with E-state index in [1.54, 1.807) is 4.90 Å². The minimum atomic E-state index is -0.456. The predicted molar refractivity (Wildman–Crippen MR) is 51.1 cm³/mol. The first-order chi connectivity index (χ1) is 7.25. The Morgan fingerprint density at radius 1 is 1.20 bits per heavy atom. The van der Waals surface area contributed by atoms with Crippen molar-refractivity contribution in [1.29, 1.82) is 0 Å². The van der Waals surface area contributed by atoms with Gasteiger partial charge >= 0.3 is 0 Å². The van der Waals surface area contributed by atoms with E-state index in [1.165, 1.54) is 0 Å². The summed E-state index contributed by atoms with van der Waals surface area (Å²) in [5.74, 6) is -0.907. The van der Waals surface area contributed by atoms with E-state index >= 15 is 0 Å². The van der Waals surface area contributed by atoms with Gasteiger partial charge in [0, 0.05) is 18.7 Å². The second-order valence-electron chi connectivity index (χ2n) is 3.34. The molecule has 0 aromatic heterocycles. The van der Waals surface area contributed by atoms with Gasteiger partial charge in [0.1, 0.15) is 11.6 Å². The van der Waals surface area contributed by atoms with Crippen molar-refractivity contribution in [2.24, 2.45) is 0 Å². The quantitative estimate of drug-likeness (QED) is 0.738. The van der Waals surface area contributed by atoms with Gasteiger partial charge in [-0.25, -0.2) is 8.78 Å². The van der Waals surface area contributed by atoms with Crippen molar-refractivity contribution in [3.8, 4) is 0 Å². The van der Waals surface area contributed by atoms with E-state index in [2.05, 4.69) is 6.54 Å². The van der Waals surface area contributed by atoms with Crippen LogP contribution in [-0.2, 0) is 4.74 Å². The van der Waals surface area contributed by atoms with E-state index < -0.39 is 11.6 Å². The van der Waals surface area contributed by atoms with Gasteiger partial charge in [-0.15, -0.1) is 0 Å². The topological polar surface area (TPSA) is 12.5 Å². The molecule has 0 bridgehead atoms. The molecule has 2 nitrogen and oxygen atoms in total. The van der Waals surface area contributed by atoms with E-state index in [0.717, 1.165) is 18.2 Å². The zero-order valence-electron chi connectivity index (χ0n) is 8.17. The van der Waals surface area contributed by atoms with Gasteiger partial charge in [-0.1, -0.05) is 0 Å². The number of benzene rings is 1. The summed E-state index contributed by atoms with van der Waals surface area (Å²) in [5.41, 5.74) is 0.164. The van der Waals surface area contributed by atoms with Gasteiger partial charge in [0.05, 0.1) is 19.8 Å². The number of morpholine rings is 1. The molecule has 80 valence electrons. The summed E-state index contributed by atoms with van der Waals surface area (Å²) in [4.78, 5) is 1.81. The largest absolute Gasteiger partial charge is 0.379 e. The Kier molecular flexibility index (Phi) is 3.28. The Hall–Kier alpha value is -1.00. The summed E-state index contributed by atoms with van der Waals surface area (Å²) in [6.45, 7) is 5.36. The Balaban J connectivity index is 2.05. The lowest BCUT2D eigenvalue weighted by molar-refractivity contribution is 0.0530. The Morgan fingerprint density at radius 2 is 1.93 bits per heavy atom. The molecular weight excluding hydrogens is 200 g/mol. The Bertz CT molecular complexity index is 337. The van der Waals surface area contributed by atoms with E-state index in [4.69, 9.17) is 4.74 Å². The van der Waals surface area contributed by atoms with Crippen LogP contribution in [-0.4, -0.2) is 31.2 Å². The lowest BCUT2D eigenvalue weighted by atomic mass is 10.2. The highest BCUT2D eigenvalue weighted by molar-refractivity contribution is 5.25. The number of nitrogens with zero attached hydrogens (tertiary/aromatic N) is 1. The lowest BCUT2D eigenvalue weighted by Crippen LogP contribution is -2.34. The number of hydrogen-bond donors (Lipinski definition) is 0. The summed E-state index contributed by atoms with van der Waals surface area (Å²) in [7, 11) is 0. The molecule has 1 aromatic rings. The normalized spacial score (nSPS) is 18.0. The second-order valence-corrected chi connectivity index (χ2v) is 3.34. The van der Waals surface area contributed by atoms with Gasteiger partial charge in [-0.3, -0.25) is 4.90 Å². The molecular formula is C11H11F2NO. The van der Waals surface area contributed by atoms with Gasteiger partial charge in [-0.2, -0.15) is 0 Å². The highest BCUT2D eigenvalue weighted by atomic mass is 19.1. The third kappa shape index (κ3) is 2.73. The molecule has 0 atom stereocenters. The molecule has 4 heteroatoms. The monoisotopic (exact) mass is 211 g/mol. The fraction of sp³-hybridized carbons (Fsp3) is 0.364. The molecule has 1 aliphatic heterocycles. The molecule has 1 heterocycles. The van der Waals surface area contributed by atoms with Gasteiger partial charge < -0.3 is 4.74 Å². The number of rotatable bonds is 2. The zero-order chi connectivity index (χ0) is 10.7. The van der Waals surface area contributed by atoms with Crippen molar-refractivity contribution in [2.75, 3.05) is 26.3 Å². The SMILES string of the molecule is Fc1ccc(F)c([C]N2CCOCC2)c1. The van der Waals surface area contributed by atoms with E-state index in [9.17, 15) is 8.78 Å². The average Bonchev–Trinajstić information content (AvgIpc) is 2.25. The van der Waals surface area contributed by atoms with Crippen molar-refractivity contribution in [1.82, 2.24) is 4.90 Å². The Labute approximate surface area is 87.5 Å². The molecule has 2 rings (SSSR count). The average molecular weight is 211 g/mol. The number of ether oxygens (including phenoxy) is 1. The van der Waals surface area contributed by atoms with Crippen LogP contribution in [0.5, 0.6) is 0 Å². The van der Waals surface area contributed by atoms with Crippen molar-refractivity contribution in [2.45, 2.75) is 0 Å². The van der Waals surface area contributed by atoms with Gasteiger partial charge in [-0.05, 0) is 18.2 Å². The summed E-state index contributed by atoms with van der Waals surface area (Å²) < 4.78 is 31.2. The van der Waals surface area contributed by atoms with E-state index in [1.807, 2.05) is 0 Å². The Morgan fingerprint density at radius 3 is 2.67 bits per heavy atom. The molecule has 0 spiro atoms. The molecule has 15 heavy (non-hydrogen) atoms. The maximum absolute atomic E-state index is 13.2. The van der Waals surface area contributed by atoms with Crippen molar-refractivity contribution in [3.05, 3.63) is 41.9 Å². The van der Waals surface area contributed by atoms with Crippen LogP contribution in [0.2, 0.25) is 0 Å². The maximum atomic E-state index is 13.2. The van der Waals surface area contributed by atoms with Crippen molar-refractivity contribution < 1.29 is 13.5 Å². The highest BCUT2D eigenvalue weighted by Gasteiger charge is 2.14. The molecule has 0 N–H and O–H groups in total. The van der Waals surface area contributed by atoms with Crippen LogP contribution >= 0.6 is 0 Å². The molecule has 1 aliphatic rings. The second kappa shape index (κ2) is 4.68. The fourth-order valence-corrected chi connectivity index (χ4v) is 1.43. The molecule has 1 aromatic carbocycles. The molecule has 0 amide bonds. The van der Waals surface area contributed by atoms with Gasteiger partial charge in [0.15, 0.2) is 0 Å². The standard InChI is InChI=1S/C11H11F2NO/c12-10-1-2-11(13)9(7-10)8-14-3-5-15-6-4-14/h1-2,7H,3-6H2. The first kappa shape index (κ1) is 10.5. The summed E-state index contributed by atoms with van der Waals surface area (Å²) in [6.07, 6.45) is 0. The smallest absolute Gasteiger partial charge is 0.128 e. The third-order valence-corrected chi connectivity index (χ3v) is 2.22. The first-order valence-electron chi connectivity index (χ1n) is 4.80. The van der Waals surface area contributed by atoms with Crippen molar-refractivity contribution in [3.63, 3.8) is 0 Å². The number of hydrogen-bond acceptors (Lipinski definition) is 2. The molecule has 0 saturated carbocycles. The first-order valence-corrected chi connectivity index (χ1v) is 4.80.